The van der Waals surface area contributed by atoms with Crippen molar-refractivity contribution in [2.45, 2.75) is 51.5 Å². The quantitative estimate of drug-likeness (QED) is 0.871. The fourth-order valence-corrected chi connectivity index (χ4v) is 3.15. The summed E-state index contributed by atoms with van der Waals surface area (Å²) in [6.45, 7) is 4.40. The number of amides is 1. The van der Waals surface area contributed by atoms with E-state index in [0.29, 0.717) is 23.1 Å². The Bertz CT molecular complexity index is 714. The predicted octanol–water partition coefficient (Wildman–Crippen LogP) is 3.13. The first-order chi connectivity index (χ1) is 10.6. The van der Waals surface area contributed by atoms with Gasteiger partial charge in [-0.3, -0.25) is 4.79 Å². The first-order valence-corrected chi connectivity index (χ1v) is 7.85. The van der Waals surface area contributed by atoms with E-state index >= 15 is 0 Å². The summed E-state index contributed by atoms with van der Waals surface area (Å²) in [5.41, 5.74) is 0.635. The first kappa shape index (κ1) is 13.5. The summed E-state index contributed by atoms with van der Waals surface area (Å²) in [6, 6.07) is 1.72. The second kappa shape index (κ2) is 4.97. The van der Waals surface area contributed by atoms with Crippen LogP contribution in [0, 0.1) is 13.8 Å². The minimum atomic E-state index is -0.0849. The highest BCUT2D eigenvalue weighted by molar-refractivity contribution is 5.95. The van der Waals surface area contributed by atoms with E-state index in [1.165, 1.54) is 0 Å². The molecule has 6 heteroatoms. The van der Waals surface area contributed by atoms with Crippen molar-refractivity contribution < 1.29 is 13.7 Å². The average Bonchev–Trinajstić information content (AvgIpc) is 2.92. The van der Waals surface area contributed by atoms with Gasteiger partial charge in [0.1, 0.15) is 11.5 Å². The van der Waals surface area contributed by atoms with Crippen LogP contribution in [0.2, 0.25) is 0 Å². The molecule has 2 fully saturated rings. The average molecular weight is 301 g/mol. The number of rotatable bonds is 3. The van der Waals surface area contributed by atoms with Gasteiger partial charge in [-0.1, -0.05) is 5.16 Å². The van der Waals surface area contributed by atoms with Crippen LogP contribution in [-0.4, -0.2) is 27.5 Å². The van der Waals surface area contributed by atoms with Gasteiger partial charge in [0, 0.05) is 12.5 Å². The molecule has 1 atom stereocenters. The SMILES string of the molecule is Cc1cc(C(=O)N2CCC[C@H]2c2noc(C3CC3)n2)c(C)o1. The van der Waals surface area contributed by atoms with E-state index < -0.39 is 0 Å². The molecule has 1 aliphatic heterocycles. The van der Waals surface area contributed by atoms with Gasteiger partial charge in [0.15, 0.2) is 5.82 Å². The van der Waals surface area contributed by atoms with E-state index in [1.54, 1.807) is 6.07 Å². The molecule has 116 valence electrons. The van der Waals surface area contributed by atoms with Crippen LogP contribution in [-0.2, 0) is 0 Å². The van der Waals surface area contributed by atoms with Crippen molar-refractivity contribution in [2.24, 2.45) is 0 Å². The Balaban J connectivity index is 1.59. The Morgan fingerprint density at radius 3 is 2.82 bits per heavy atom. The Kier molecular flexibility index (Phi) is 3.06. The van der Waals surface area contributed by atoms with Crippen LogP contribution in [0.3, 0.4) is 0 Å². The van der Waals surface area contributed by atoms with Crippen LogP contribution in [0.15, 0.2) is 15.0 Å². The molecule has 4 rings (SSSR count). The van der Waals surface area contributed by atoms with Crippen molar-refractivity contribution in [3.05, 3.63) is 34.9 Å². The summed E-state index contributed by atoms with van der Waals surface area (Å²) < 4.78 is 10.8. The smallest absolute Gasteiger partial charge is 0.258 e. The monoisotopic (exact) mass is 301 g/mol. The number of nitrogens with zero attached hydrogens (tertiary/aromatic N) is 3. The largest absolute Gasteiger partial charge is 0.466 e. The first-order valence-electron chi connectivity index (χ1n) is 7.85. The van der Waals surface area contributed by atoms with Crippen molar-refractivity contribution in [3.63, 3.8) is 0 Å². The molecule has 1 aliphatic carbocycles. The van der Waals surface area contributed by atoms with Gasteiger partial charge in [-0.2, -0.15) is 4.98 Å². The lowest BCUT2D eigenvalue weighted by Gasteiger charge is -2.21. The highest BCUT2D eigenvalue weighted by Gasteiger charge is 2.37. The topological polar surface area (TPSA) is 72.4 Å². The zero-order chi connectivity index (χ0) is 15.3. The summed E-state index contributed by atoms with van der Waals surface area (Å²) in [6.07, 6.45) is 4.09. The number of hydrogen-bond donors (Lipinski definition) is 0. The second-order valence-electron chi connectivity index (χ2n) is 6.25. The maximum absolute atomic E-state index is 12.8. The third kappa shape index (κ3) is 2.23. The van der Waals surface area contributed by atoms with Crippen LogP contribution >= 0.6 is 0 Å². The van der Waals surface area contributed by atoms with Crippen molar-refractivity contribution in [1.29, 1.82) is 0 Å². The van der Waals surface area contributed by atoms with Crippen molar-refractivity contribution in [1.82, 2.24) is 15.0 Å². The summed E-state index contributed by atoms with van der Waals surface area (Å²) >= 11 is 0. The molecule has 0 N–H and O–H groups in total. The minimum absolute atomic E-state index is 0.00498. The summed E-state index contributed by atoms with van der Waals surface area (Å²) in [7, 11) is 0. The zero-order valence-electron chi connectivity index (χ0n) is 12.8. The summed E-state index contributed by atoms with van der Waals surface area (Å²) in [5.74, 6) is 3.22. The molecule has 2 aromatic heterocycles. The summed E-state index contributed by atoms with van der Waals surface area (Å²) in [4.78, 5) is 19.2. The molecule has 1 amide bonds. The van der Waals surface area contributed by atoms with Gasteiger partial charge in [0.2, 0.25) is 5.89 Å². The number of likely N-dealkylation sites (tertiary alicyclic amines) is 1. The van der Waals surface area contributed by atoms with Gasteiger partial charge in [0.05, 0.1) is 11.6 Å². The van der Waals surface area contributed by atoms with E-state index in [1.807, 2.05) is 18.7 Å². The molecule has 0 spiro atoms. The minimum Gasteiger partial charge on any atom is -0.466 e. The lowest BCUT2D eigenvalue weighted by Crippen LogP contribution is -2.31. The van der Waals surface area contributed by atoms with Crippen molar-refractivity contribution >= 4 is 5.91 Å². The molecule has 2 aliphatic rings. The predicted molar refractivity (Wildman–Crippen MR) is 77.5 cm³/mol. The number of aryl methyl sites for hydroxylation is 2. The molecule has 0 unspecified atom stereocenters. The molecule has 0 radical (unpaired) electrons. The van der Waals surface area contributed by atoms with E-state index in [9.17, 15) is 4.79 Å². The molecule has 0 aromatic carbocycles. The standard InChI is InChI=1S/C16H19N3O3/c1-9-8-12(10(2)21-9)16(20)19-7-3-4-13(19)14-17-15(22-18-14)11-5-6-11/h8,11,13H,3-7H2,1-2H3/t13-/m0/s1. The molecule has 2 aromatic rings. The molecular formula is C16H19N3O3. The van der Waals surface area contributed by atoms with Gasteiger partial charge >= 0.3 is 0 Å². The van der Waals surface area contributed by atoms with E-state index in [-0.39, 0.29) is 11.9 Å². The van der Waals surface area contributed by atoms with Crippen LogP contribution in [0.4, 0.5) is 0 Å². The molecule has 0 bridgehead atoms. The Morgan fingerprint density at radius 2 is 2.14 bits per heavy atom. The van der Waals surface area contributed by atoms with E-state index in [4.69, 9.17) is 8.94 Å². The fourth-order valence-electron chi connectivity index (χ4n) is 3.15. The van der Waals surface area contributed by atoms with Gasteiger partial charge < -0.3 is 13.8 Å². The third-order valence-corrected chi connectivity index (χ3v) is 4.47. The lowest BCUT2D eigenvalue weighted by molar-refractivity contribution is 0.0726. The molecule has 1 saturated heterocycles. The zero-order valence-corrected chi connectivity index (χ0v) is 12.8. The van der Waals surface area contributed by atoms with Crippen LogP contribution in [0.5, 0.6) is 0 Å². The Morgan fingerprint density at radius 1 is 1.32 bits per heavy atom. The third-order valence-electron chi connectivity index (χ3n) is 4.47. The van der Waals surface area contributed by atoms with Gasteiger partial charge in [-0.15, -0.1) is 0 Å². The second-order valence-corrected chi connectivity index (χ2v) is 6.25. The Labute approximate surface area is 128 Å². The molecular weight excluding hydrogens is 282 g/mol. The number of hydrogen-bond acceptors (Lipinski definition) is 5. The number of carbonyl (C=O) groups is 1. The number of carbonyl (C=O) groups excluding carboxylic acids is 1. The van der Waals surface area contributed by atoms with Crippen LogP contribution in [0.25, 0.3) is 0 Å². The van der Waals surface area contributed by atoms with E-state index in [0.717, 1.165) is 43.9 Å². The molecule has 22 heavy (non-hydrogen) atoms. The van der Waals surface area contributed by atoms with Crippen molar-refractivity contribution in [2.75, 3.05) is 6.54 Å². The highest BCUT2D eigenvalue weighted by Crippen LogP contribution is 2.40. The van der Waals surface area contributed by atoms with Crippen LogP contribution in [0.1, 0.15) is 71.2 Å². The summed E-state index contributed by atoms with van der Waals surface area (Å²) in [5, 5.41) is 4.11. The molecule has 3 heterocycles. The van der Waals surface area contributed by atoms with Gasteiger partial charge in [-0.25, -0.2) is 0 Å². The van der Waals surface area contributed by atoms with Crippen molar-refractivity contribution in [3.8, 4) is 0 Å². The van der Waals surface area contributed by atoms with Gasteiger partial charge in [0.25, 0.3) is 5.91 Å². The maximum Gasteiger partial charge on any atom is 0.258 e. The fraction of sp³-hybridized carbons (Fsp3) is 0.562. The maximum atomic E-state index is 12.8. The lowest BCUT2D eigenvalue weighted by atomic mass is 10.1. The Hall–Kier alpha value is -2.11. The van der Waals surface area contributed by atoms with E-state index in [2.05, 4.69) is 10.1 Å². The molecule has 1 saturated carbocycles. The number of furan rings is 1. The van der Waals surface area contributed by atoms with Crippen LogP contribution < -0.4 is 0 Å². The highest BCUT2D eigenvalue weighted by atomic mass is 16.5. The molecule has 6 nitrogen and oxygen atoms in total. The number of aromatic nitrogens is 2. The normalized spacial score (nSPS) is 21.5. The van der Waals surface area contributed by atoms with Gasteiger partial charge in [-0.05, 0) is 45.6 Å².